The molecule has 2 aromatic carbocycles. The fourth-order valence-corrected chi connectivity index (χ4v) is 5.70. The molecule has 0 radical (unpaired) electrons. The second-order valence-corrected chi connectivity index (χ2v) is 10.6. The van der Waals surface area contributed by atoms with E-state index in [1.54, 1.807) is 26.5 Å². The van der Waals surface area contributed by atoms with E-state index in [2.05, 4.69) is 54.9 Å². The van der Waals surface area contributed by atoms with Crippen LogP contribution in [-0.2, 0) is 13.9 Å². The number of aromatic nitrogens is 3. The van der Waals surface area contributed by atoms with Gasteiger partial charge in [-0.05, 0) is 48.4 Å². The number of imidazole rings is 1. The maximum atomic E-state index is 13.0. The Labute approximate surface area is 246 Å². The Morgan fingerprint density at radius 3 is 2.90 bits per heavy atom. The largest absolute Gasteiger partial charge is 0.496 e. The molecule has 1 aliphatic heterocycles. The van der Waals surface area contributed by atoms with Crippen molar-refractivity contribution >= 4 is 45.0 Å². The van der Waals surface area contributed by atoms with Crippen molar-refractivity contribution in [2.24, 2.45) is 0 Å². The molecule has 3 heterocycles. The number of aliphatic hydroxyl groups is 1. The van der Waals surface area contributed by atoms with E-state index in [9.17, 15) is 9.90 Å². The lowest BCUT2D eigenvalue weighted by Gasteiger charge is -2.34. The van der Waals surface area contributed by atoms with Gasteiger partial charge in [-0.25, -0.2) is 4.98 Å². The van der Waals surface area contributed by atoms with Crippen LogP contribution < -0.4 is 20.5 Å². The SMILES string of the molecule is COCC1CN(c2cc(C)c3nc(-c4c(NC[C@@H](O)c5ccc(OC)c(CI)c5)cc[nH]c4=O)[nH]c3c2)CCO1. The van der Waals surface area contributed by atoms with Gasteiger partial charge in [-0.1, -0.05) is 28.7 Å². The lowest BCUT2D eigenvalue weighted by Crippen LogP contribution is -2.44. The van der Waals surface area contributed by atoms with Crippen LogP contribution in [0.4, 0.5) is 11.4 Å². The number of nitrogens with one attached hydrogen (secondary N) is 3. The number of halogens is 1. The van der Waals surface area contributed by atoms with Crippen molar-refractivity contribution in [1.82, 2.24) is 15.0 Å². The molecule has 1 saturated heterocycles. The molecule has 5 rings (SSSR count). The van der Waals surface area contributed by atoms with E-state index in [0.29, 0.717) is 30.3 Å². The number of hydrogen-bond acceptors (Lipinski definition) is 8. The lowest BCUT2D eigenvalue weighted by atomic mass is 10.1. The first-order chi connectivity index (χ1) is 19.4. The van der Waals surface area contributed by atoms with Crippen LogP contribution in [0.2, 0.25) is 0 Å². The van der Waals surface area contributed by atoms with E-state index in [0.717, 1.165) is 56.7 Å². The first kappa shape index (κ1) is 28.4. The average molecular weight is 660 g/mol. The van der Waals surface area contributed by atoms with Gasteiger partial charge in [0.05, 0.1) is 49.3 Å². The van der Waals surface area contributed by atoms with Crippen molar-refractivity contribution in [3.05, 3.63) is 69.6 Å². The van der Waals surface area contributed by atoms with Gasteiger partial charge >= 0.3 is 0 Å². The number of aliphatic hydroxyl groups excluding tert-OH is 1. The number of alkyl halides is 1. The normalized spacial score (nSPS) is 16.3. The number of rotatable bonds is 10. The topological polar surface area (TPSA) is 125 Å². The number of pyridine rings is 1. The second kappa shape index (κ2) is 12.6. The highest BCUT2D eigenvalue weighted by atomic mass is 127. The minimum atomic E-state index is -0.782. The molecule has 2 atom stereocenters. The highest BCUT2D eigenvalue weighted by molar-refractivity contribution is 14.1. The van der Waals surface area contributed by atoms with E-state index in [1.807, 2.05) is 25.1 Å². The van der Waals surface area contributed by atoms with Crippen LogP contribution in [0.15, 0.2) is 47.4 Å². The average Bonchev–Trinajstić information content (AvgIpc) is 3.40. The molecule has 0 amide bonds. The number of hydrogen-bond donors (Lipinski definition) is 4. The number of H-pyrrole nitrogens is 2. The molecule has 1 fully saturated rings. The van der Waals surface area contributed by atoms with Crippen LogP contribution in [0, 0.1) is 6.92 Å². The monoisotopic (exact) mass is 659 g/mol. The van der Waals surface area contributed by atoms with Gasteiger partial charge in [-0.2, -0.15) is 0 Å². The number of aryl methyl sites for hydroxylation is 1. The molecule has 2 aromatic heterocycles. The summed E-state index contributed by atoms with van der Waals surface area (Å²) in [5.41, 5.74) is 6.21. The summed E-state index contributed by atoms with van der Waals surface area (Å²) >= 11 is 2.27. The van der Waals surface area contributed by atoms with Crippen molar-refractivity contribution in [1.29, 1.82) is 0 Å². The molecular weight excluding hydrogens is 625 g/mol. The molecule has 212 valence electrons. The Kier molecular flexibility index (Phi) is 8.94. The third-order valence-electron chi connectivity index (χ3n) is 7.14. The van der Waals surface area contributed by atoms with E-state index in [-0.39, 0.29) is 18.2 Å². The number of morpholine rings is 1. The maximum absolute atomic E-state index is 13.0. The van der Waals surface area contributed by atoms with Crippen molar-refractivity contribution in [2.75, 3.05) is 57.3 Å². The number of anilines is 2. The molecular formula is C29H34IN5O5. The van der Waals surface area contributed by atoms with Crippen molar-refractivity contribution in [3.63, 3.8) is 0 Å². The number of methoxy groups -OCH3 is 2. The Morgan fingerprint density at radius 2 is 2.12 bits per heavy atom. The van der Waals surface area contributed by atoms with Crippen LogP contribution in [-0.4, -0.2) is 73.2 Å². The van der Waals surface area contributed by atoms with Crippen LogP contribution in [0.5, 0.6) is 5.75 Å². The van der Waals surface area contributed by atoms with Crippen LogP contribution >= 0.6 is 22.6 Å². The summed E-state index contributed by atoms with van der Waals surface area (Å²) in [5.74, 6) is 1.26. The standard InChI is InChI=1S/C29H34IN5O5/c1-17-10-20(35-8-9-40-21(15-35)16-38-2)12-23-27(17)34-28(33-23)26-22(6-7-31-29(26)37)32-14-24(36)18-4-5-25(39-3)19(11-18)13-30/h4-7,10-12,21,24,36H,8-9,13-16H2,1-3H3,(H,33,34)(H2,31,32,37)/t21?,24-/m1/s1. The fourth-order valence-electron chi connectivity index (χ4n) is 5.11. The maximum Gasteiger partial charge on any atom is 0.261 e. The Hall–Kier alpha value is -3.13. The molecule has 0 spiro atoms. The molecule has 0 aliphatic carbocycles. The van der Waals surface area contributed by atoms with Gasteiger partial charge < -0.3 is 39.5 Å². The Morgan fingerprint density at radius 1 is 1.27 bits per heavy atom. The number of benzene rings is 2. The Bertz CT molecular complexity index is 1540. The quantitative estimate of drug-likeness (QED) is 0.148. The molecule has 1 aliphatic rings. The minimum absolute atomic E-state index is 0.0185. The summed E-state index contributed by atoms with van der Waals surface area (Å²) in [5, 5.41) is 14.2. The number of fused-ring (bicyclic) bond motifs is 1. The summed E-state index contributed by atoms with van der Waals surface area (Å²) in [6.07, 6.45) is 0.823. The van der Waals surface area contributed by atoms with Crippen molar-refractivity contribution < 1.29 is 19.3 Å². The van der Waals surface area contributed by atoms with Gasteiger partial charge in [0.25, 0.3) is 5.56 Å². The van der Waals surface area contributed by atoms with Gasteiger partial charge in [-0.15, -0.1) is 0 Å². The zero-order chi connectivity index (χ0) is 28.2. The smallest absolute Gasteiger partial charge is 0.261 e. The zero-order valence-electron chi connectivity index (χ0n) is 22.8. The van der Waals surface area contributed by atoms with Gasteiger partial charge in [-0.3, -0.25) is 4.79 Å². The molecule has 40 heavy (non-hydrogen) atoms. The van der Waals surface area contributed by atoms with E-state index < -0.39 is 6.10 Å². The summed E-state index contributed by atoms with van der Waals surface area (Å²) < 4.78 is 17.3. The minimum Gasteiger partial charge on any atom is -0.496 e. The van der Waals surface area contributed by atoms with Gasteiger partial charge in [0.2, 0.25) is 0 Å². The van der Waals surface area contributed by atoms with E-state index in [4.69, 9.17) is 19.2 Å². The molecule has 1 unspecified atom stereocenters. The molecule has 11 heteroatoms. The molecule has 10 nitrogen and oxygen atoms in total. The third kappa shape index (κ3) is 5.97. The van der Waals surface area contributed by atoms with E-state index >= 15 is 0 Å². The zero-order valence-corrected chi connectivity index (χ0v) is 24.9. The third-order valence-corrected chi connectivity index (χ3v) is 7.96. The Balaban J connectivity index is 1.40. The summed E-state index contributed by atoms with van der Waals surface area (Å²) in [4.78, 5) is 26.2. The van der Waals surface area contributed by atoms with Gasteiger partial charge in [0.15, 0.2) is 0 Å². The van der Waals surface area contributed by atoms with Gasteiger partial charge in [0, 0.05) is 48.6 Å². The number of aromatic amines is 2. The fraction of sp³-hybridized carbons (Fsp3) is 0.379. The molecule has 0 saturated carbocycles. The predicted octanol–water partition coefficient (Wildman–Crippen LogP) is 4.17. The second-order valence-electron chi connectivity index (χ2n) is 9.84. The predicted molar refractivity (Wildman–Crippen MR) is 165 cm³/mol. The highest BCUT2D eigenvalue weighted by Crippen LogP contribution is 2.31. The number of nitrogens with zero attached hydrogens (tertiary/aromatic N) is 2. The first-order valence-corrected chi connectivity index (χ1v) is 14.7. The summed E-state index contributed by atoms with van der Waals surface area (Å²) in [7, 11) is 3.32. The van der Waals surface area contributed by atoms with Gasteiger partial charge in [0.1, 0.15) is 17.1 Å². The molecule has 4 N–H and O–H groups in total. The van der Waals surface area contributed by atoms with Crippen molar-refractivity contribution in [3.8, 4) is 17.1 Å². The summed E-state index contributed by atoms with van der Waals surface area (Å²) in [6, 6.07) is 11.6. The van der Waals surface area contributed by atoms with Crippen LogP contribution in [0.3, 0.4) is 0 Å². The summed E-state index contributed by atoms with van der Waals surface area (Å²) in [6.45, 7) is 4.94. The highest BCUT2D eigenvalue weighted by Gasteiger charge is 2.23. The molecule has 0 bridgehead atoms. The molecule has 4 aromatic rings. The number of ether oxygens (including phenoxy) is 3. The van der Waals surface area contributed by atoms with E-state index in [1.165, 1.54) is 0 Å². The van der Waals surface area contributed by atoms with Crippen LogP contribution in [0.1, 0.15) is 22.8 Å². The lowest BCUT2D eigenvalue weighted by molar-refractivity contribution is -0.0100. The van der Waals surface area contributed by atoms with Crippen LogP contribution in [0.25, 0.3) is 22.4 Å². The van der Waals surface area contributed by atoms with Crippen molar-refractivity contribution in [2.45, 2.75) is 23.6 Å². The first-order valence-electron chi connectivity index (χ1n) is 13.1.